The van der Waals surface area contributed by atoms with Gasteiger partial charge in [0.05, 0.1) is 6.10 Å². The van der Waals surface area contributed by atoms with Crippen LogP contribution in [0.1, 0.15) is 57.1 Å². The second-order valence-electron chi connectivity index (χ2n) is 5.49. The van der Waals surface area contributed by atoms with Gasteiger partial charge in [-0.1, -0.05) is 43.9 Å². The molecule has 1 unspecified atom stereocenters. The monoisotopic (exact) mass is 247 g/mol. The molecular formula is C16H25NO. The molecule has 0 heterocycles. The molecule has 1 aliphatic rings. The molecule has 0 radical (unpaired) electrons. The normalized spacial score (nSPS) is 19.3. The predicted octanol–water partition coefficient (Wildman–Crippen LogP) is 3.90. The maximum atomic E-state index is 9.88. The minimum absolute atomic E-state index is 0.394. The van der Waals surface area contributed by atoms with Crippen LogP contribution in [0.4, 0.5) is 5.69 Å². The van der Waals surface area contributed by atoms with Crippen LogP contribution in [-0.2, 0) is 0 Å². The molecule has 1 aromatic rings. The number of aliphatic hydroxyl groups excluding tert-OH is 1. The van der Waals surface area contributed by atoms with E-state index in [1.807, 2.05) is 19.1 Å². The second kappa shape index (κ2) is 6.24. The molecule has 0 amide bonds. The fourth-order valence-corrected chi connectivity index (χ4v) is 3.00. The largest absolute Gasteiger partial charge is 0.389 e. The Morgan fingerprint density at radius 3 is 2.33 bits per heavy atom. The molecule has 1 N–H and O–H groups in total. The van der Waals surface area contributed by atoms with E-state index in [1.165, 1.54) is 44.2 Å². The first kappa shape index (κ1) is 13.4. The zero-order valence-corrected chi connectivity index (χ0v) is 11.6. The molecule has 0 spiro atoms. The lowest BCUT2D eigenvalue weighted by Crippen LogP contribution is -2.32. The third kappa shape index (κ3) is 3.05. The lowest BCUT2D eigenvalue weighted by Gasteiger charge is -2.31. The average molecular weight is 247 g/mol. The van der Waals surface area contributed by atoms with Gasteiger partial charge in [0.2, 0.25) is 0 Å². The summed E-state index contributed by atoms with van der Waals surface area (Å²) < 4.78 is 0. The Balaban J connectivity index is 2.19. The molecule has 18 heavy (non-hydrogen) atoms. The lowest BCUT2D eigenvalue weighted by atomic mass is 10.0. The van der Waals surface area contributed by atoms with Crippen molar-refractivity contribution >= 4 is 5.69 Å². The van der Waals surface area contributed by atoms with Crippen molar-refractivity contribution in [2.75, 3.05) is 11.9 Å². The van der Waals surface area contributed by atoms with Crippen LogP contribution in [0.2, 0.25) is 0 Å². The summed E-state index contributed by atoms with van der Waals surface area (Å²) >= 11 is 0. The van der Waals surface area contributed by atoms with Gasteiger partial charge < -0.3 is 10.0 Å². The highest BCUT2D eigenvalue weighted by molar-refractivity contribution is 5.54. The summed E-state index contributed by atoms with van der Waals surface area (Å²) in [6.07, 6.45) is 7.60. The summed E-state index contributed by atoms with van der Waals surface area (Å²) in [4.78, 5) is 2.38. The number of para-hydroxylation sites is 1. The topological polar surface area (TPSA) is 23.5 Å². The fourth-order valence-electron chi connectivity index (χ4n) is 3.00. The fraction of sp³-hybridized carbons (Fsp3) is 0.625. The molecule has 100 valence electrons. The van der Waals surface area contributed by atoms with Gasteiger partial charge in [-0.3, -0.25) is 0 Å². The van der Waals surface area contributed by atoms with E-state index in [0.29, 0.717) is 6.04 Å². The van der Waals surface area contributed by atoms with Crippen molar-refractivity contribution in [2.24, 2.45) is 0 Å². The Hall–Kier alpha value is -1.02. The van der Waals surface area contributed by atoms with Gasteiger partial charge in [0.1, 0.15) is 0 Å². The number of benzene rings is 1. The van der Waals surface area contributed by atoms with Gasteiger partial charge in [0.15, 0.2) is 0 Å². The van der Waals surface area contributed by atoms with Gasteiger partial charge >= 0.3 is 0 Å². The smallest absolute Gasteiger partial charge is 0.0781 e. The summed E-state index contributed by atoms with van der Waals surface area (Å²) in [7, 11) is 2.18. The standard InChI is InChI=1S/C16H25NO/c1-13(18)15-11-7-8-12-16(15)17(2)14-9-5-3-4-6-10-14/h7-8,11-14,18H,3-6,9-10H2,1-2H3. The highest BCUT2D eigenvalue weighted by atomic mass is 16.3. The van der Waals surface area contributed by atoms with Crippen LogP contribution in [0, 0.1) is 0 Å². The van der Waals surface area contributed by atoms with Crippen molar-refractivity contribution in [3.63, 3.8) is 0 Å². The van der Waals surface area contributed by atoms with E-state index >= 15 is 0 Å². The summed E-state index contributed by atoms with van der Waals surface area (Å²) in [5.41, 5.74) is 2.24. The summed E-state index contributed by atoms with van der Waals surface area (Å²) in [6.45, 7) is 1.85. The molecule has 1 atom stereocenters. The Morgan fingerprint density at radius 1 is 1.11 bits per heavy atom. The van der Waals surface area contributed by atoms with Crippen LogP contribution in [-0.4, -0.2) is 18.2 Å². The van der Waals surface area contributed by atoms with E-state index in [4.69, 9.17) is 0 Å². The summed E-state index contributed by atoms with van der Waals surface area (Å²) in [5.74, 6) is 0. The van der Waals surface area contributed by atoms with E-state index in [0.717, 1.165) is 5.56 Å². The minimum Gasteiger partial charge on any atom is -0.389 e. The Bertz CT molecular complexity index is 367. The number of hydrogen-bond donors (Lipinski definition) is 1. The van der Waals surface area contributed by atoms with Gasteiger partial charge in [-0.05, 0) is 25.8 Å². The van der Waals surface area contributed by atoms with Crippen LogP contribution in [0.25, 0.3) is 0 Å². The van der Waals surface area contributed by atoms with E-state index < -0.39 is 6.10 Å². The van der Waals surface area contributed by atoms with Crippen LogP contribution in [0.3, 0.4) is 0 Å². The first-order valence-electron chi connectivity index (χ1n) is 7.20. The van der Waals surface area contributed by atoms with Gasteiger partial charge in [0, 0.05) is 24.3 Å². The van der Waals surface area contributed by atoms with Crippen molar-refractivity contribution in [1.29, 1.82) is 0 Å². The quantitative estimate of drug-likeness (QED) is 0.819. The van der Waals surface area contributed by atoms with Gasteiger partial charge in [0.25, 0.3) is 0 Å². The summed E-state index contributed by atoms with van der Waals surface area (Å²) in [6, 6.07) is 8.87. The van der Waals surface area contributed by atoms with Crippen molar-refractivity contribution in [1.82, 2.24) is 0 Å². The third-order valence-electron chi connectivity index (χ3n) is 4.14. The highest BCUT2D eigenvalue weighted by Gasteiger charge is 2.20. The number of anilines is 1. The third-order valence-corrected chi connectivity index (χ3v) is 4.14. The summed E-state index contributed by atoms with van der Waals surface area (Å²) in [5, 5.41) is 9.88. The van der Waals surface area contributed by atoms with Crippen LogP contribution < -0.4 is 4.90 Å². The molecule has 2 rings (SSSR count). The van der Waals surface area contributed by atoms with Crippen molar-refractivity contribution in [3.05, 3.63) is 29.8 Å². The van der Waals surface area contributed by atoms with E-state index in [1.54, 1.807) is 0 Å². The van der Waals surface area contributed by atoms with Crippen LogP contribution in [0.15, 0.2) is 24.3 Å². The number of nitrogens with zero attached hydrogens (tertiary/aromatic N) is 1. The Kier molecular flexibility index (Phi) is 4.65. The molecule has 2 nitrogen and oxygen atoms in total. The SMILES string of the molecule is CC(O)c1ccccc1N(C)C1CCCCCC1. The first-order chi connectivity index (χ1) is 8.70. The van der Waals surface area contributed by atoms with Crippen LogP contribution in [0.5, 0.6) is 0 Å². The van der Waals surface area contributed by atoms with E-state index in [-0.39, 0.29) is 0 Å². The van der Waals surface area contributed by atoms with Crippen molar-refractivity contribution in [3.8, 4) is 0 Å². The molecule has 0 aliphatic heterocycles. The zero-order chi connectivity index (χ0) is 13.0. The Labute approximate surface area is 111 Å². The molecule has 1 aromatic carbocycles. The number of aliphatic hydroxyl groups is 1. The maximum absolute atomic E-state index is 9.88. The molecule has 1 fully saturated rings. The van der Waals surface area contributed by atoms with Gasteiger partial charge in [-0.2, -0.15) is 0 Å². The average Bonchev–Trinajstić information content (AvgIpc) is 2.66. The molecule has 1 aliphatic carbocycles. The molecule has 0 bridgehead atoms. The molecule has 1 saturated carbocycles. The van der Waals surface area contributed by atoms with Crippen molar-refractivity contribution in [2.45, 2.75) is 57.6 Å². The zero-order valence-electron chi connectivity index (χ0n) is 11.6. The minimum atomic E-state index is -0.394. The Morgan fingerprint density at radius 2 is 1.72 bits per heavy atom. The molecule has 0 saturated heterocycles. The number of hydrogen-bond acceptors (Lipinski definition) is 2. The van der Waals surface area contributed by atoms with E-state index in [2.05, 4.69) is 24.1 Å². The molecule has 2 heteroatoms. The molecule has 0 aromatic heterocycles. The maximum Gasteiger partial charge on any atom is 0.0781 e. The molecular weight excluding hydrogens is 222 g/mol. The first-order valence-corrected chi connectivity index (χ1v) is 7.20. The second-order valence-corrected chi connectivity index (χ2v) is 5.49. The van der Waals surface area contributed by atoms with Crippen LogP contribution >= 0.6 is 0 Å². The predicted molar refractivity (Wildman–Crippen MR) is 77.0 cm³/mol. The van der Waals surface area contributed by atoms with Crippen molar-refractivity contribution < 1.29 is 5.11 Å². The number of rotatable bonds is 3. The lowest BCUT2D eigenvalue weighted by molar-refractivity contribution is 0.199. The van der Waals surface area contributed by atoms with E-state index in [9.17, 15) is 5.11 Å². The highest BCUT2D eigenvalue weighted by Crippen LogP contribution is 2.30. The van der Waals surface area contributed by atoms with Gasteiger partial charge in [-0.15, -0.1) is 0 Å². The van der Waals surface area contributed by atoms with Gasteiger partial charge in [-0.25, -0.2) is 0 Å².